The van der Waals surface area contributed by atoms with E-state index < -0.39 is 0 Å². The zero-order chi connectivity index (χ0) is 23.4. The van der Waals surface area contributed by atoms with E-state index in [2.05, 4.69) is 33.4 Å². The predicted molar refractivity (Wildman–Crippen MR) is 132 cm³/mol. The van der Waals surface area contributed by atoms with Crippen LogP contribution >= 0.6 is 15.9 Å². The number of ether oxygens (including phenoxy) is 3. The summed E-state index contributed by atoms with van der Waals surface area (Å²) >= 11 is 3.51. The number of halogens is 1. The van der Waals surface area contributed by atoms with E-state index >= 15 is 0 Å². The van der Waals surface area contributed by atoms with E-state index in [9.17, 15) is 5.11 Å². The van der Waals surface area contributed by atoms with Crippen molar-refractivity contribution in [3.8, 4) is 23.0 Å². The van der Waals surface area contributed by atoms with Crippen molar-refractivity contribution < 1.29 is 24.6 Å². The number of hydrogen-bond donors (Lipinski definition) is 2. The Hall–Kier alpha value is -3.03. The molecular formula is C26H28BrN2O4+. The molecule has 1 heterocycles. The molecule has 1 aliphatic heterocycles. The summed E-state index contributed by atoms with van der Waals surface area (Å²) in [6, 6.07) is 19.6. The van der Waals surface area contributed by atoms with Gasteiger partial charge in [-0.2, -0.15) is 0 Å². The van der Waals surface area contributed by atoms with E-state index in [-0.39, 0.29) is 18.0 Å². The Morgan fingerprint density at radius 3 is 2.45 bits per heavy atom. The smallest absolute Gasteiger partial charge is 0.206 e. The van der Waals surface area contributed by atoms with E-state index in [1.807, 2.05) is 49.4 Å². The predicted octanol–water partition coefficient (Wildman–Crippen LogP) is 4.77. The van der Waals surface area contributed by atoms with Crippen molar-refractivity contribution in [3.63, 3.8) is 0 Å². The van der Waals surface area contributed by atoms with E-state index in [1.54, 1.807) is 20.3 Å². The SMILES string of the molecule is CCOc1cccc(C2CC(c3ccc(Br)cc3)=NC(c3ccc(OC)c(OC)c3)[NH2+]2)c1O. The number of benzene rings is 3. The summed E-state index contributed by atoms with van der Waals surface area (Å²) in [5.41, 5.74) is 3.86. The summed E-state index contributed by atoms with van der Waals surface area (Å²) in [4.78, 5) is 5.08. The number of quaternary nitrogens is 1. The molecule has 172 valence electrons. The third-order valence-corrected chi connectivity index (χ3v) is 6.31. The molecule has 3 N–H and O–H groups in total. The van der Waals surface area contributed by atoms with E-state index in [4.69, 9.17) is 19.2 Å². The van der Waals surface area contributed by atoms with Gasteiger partial charge in [0.1, 0.15) is 6.04 Å². The molecule has 6 nitrogen and oxygen atoms in total. The largest absolute Gasteiger partial charge is 0.504 e. The fourth-order valence-corrected chi connectivity index (χ4v) is 4.41. The molecule has 2 unspecified atom stereocenters. The van der Waals surface area contributed by atoms with Crippen LogP contribution in [-0.2, 0) is 0 Å². The zero-order valence-electron chi connectivity index (χ0n) is 18.9. The van der Waals surface area contributed by atoms with E-state index in [1.165, 1.54) is 0 Å². The quantitative estimate of drug-likeness (QED) is 0.479. The van der Waals surface area contributed by atoms with Gasteiger partial charge in [0.25, 0.3) is 0 Å². The second-order valence-electron chi connectivity index (χ2n) is 7.77. The molecule has 0 aliphatic carbocycles. The zero-order valence-corrected chi connectivity index (χ0v) is 20.5. The van der Waals surface area contributed by atoms with Gasteiger partial charge in [0.15, 0.2) is 23.0 Å². The number of rotatable bonds is 7. The number of nitrogens with two attached hydrogens (primary N) is 1. The van der Waals surface area contributed by atoms with Crippen LogP contribution in [0.15, 0.2) is 70.1 Å². The van der Waals surface area contributed by atoms with Crippen molar-refractivity contribution in [2.45, 2.75) is 25.6 Å². The van der Waals surface area contributed by atoms with Crippen LogP contribution in [-0.4, -0.2) is 31.6 Å². The van der Waals surface area contributed by atoms with Crippen molar-refractivity contribution >= 4 is 21.6 Å². The van der Waals surface area contributed by atoms with Crippen LogP contribution in [0.1, 0.15) is 42.2 Å². The highest BCUT2D eigenvalue weighted by Crippen LogP contribution is 2.37. The van der Waals surface area contributed by atoms with Crippen molar-refractivity contribution in [1.82, 2.24) is 0 Å². The number of phenolic OH excluding ortho intramolecular Hbond substituents is 1. The molecule has 0 amide bonds. The lowest BCUT2D eigenvalue weighted by Crippen LogP contribution is -2.87. The monoisotopic (exact) mass is 511 g/mol. The summed E-state index contributed by atoms with van der Waals surface area (Å²) in [5.74, 6) is 2.02. The molecule has 0 bridgehead atoms. The highest BCUT2D eigenvalue weighted by molar-refractivity contribution is 9.10. The van der Waals surface area contributed by atoms with Gasteiger partial charge in [-0.05, 0) is 55.0 Å². The third kappa shape index (κ3) is 4.99. The Morgan fingerprint density at radius 2 is 1.76 bits per heavy atom. The van der Waals surface area contributed by atoms with E-state index in [0.29, 0.717) is 30.3 Å². The van der Waals surface area contributed by atoms with Gasteiger partial charge < -0.3 is 24.6 Å². The molecule has 3 aromatic carbocycles. The molecule has 33 heavy (non-hydrogen) atoms. The van der Waals surface area contributed by atoms with Gasteiger partial charge in [0.2, 0.25) is 6.17 Å². The van der Waals surface area contributed by atoms with Crippen molar-refractivity contribution in [3.05, 3.63) is 81.8 Å². The molecule has 1 aliphatic rings. The number of nitrogens with zero attached hydrogens (tertiary/aromatic N) is 1. The maximum atomic E-state index is 10.9. The highest BCUT2D eigenvalue weighted by atomic mass is 79.9. The van der Waals surface area contributed by atoms with Crippen LogP contribution in [0.5, 0.6) is 23.0 Å². The first-order valence-corrected chi connectivity index (χ1v) is 11.7. The summed E-state index contributed by atoms with van der Waals surface area (Å²) in [6.07, 6.45) is 0.464. The van der Waals surface area contributed by atoms with Crippen LogP contribution in [0.2, 0.25) is 0 Å². The lowest BCUT2D eigenvalue weighted by Gasteiger charge is -2.28. The molecule has 0 radical (unpaired) electrons. The van der Waals surface area contributed by atoms with Crippen LogP contribution in [0.3, 0.4) is 0 Å². The first-order valence-electron chi connectivity index (χ1n) is 10.9. The minimum Gasteiger partial charge on any atom is -0.504 e. The molecule has 0 spiro atoms. The van der Waals surface area contributed by atoms with Gasteiger partial charge in [-0.1, -0.05) is 34.1 Å². The van der Waals surface area contributed by atoms with Gasteiger partial charge >= 0.3 is 0 Å². The number of aliphatic imine (C=N–C) groups is 1. The van der Waals surface area contributed by atoms with Crippen molar-refractivity contribution in [1.29, 1.82) is 0 Å². The average molecular weight is 512 g/mol. The molecular weight excluding hydrogens is 484 g/mol. The minimum absolute atomic E-state index is 0.0420. The maximum absolute atomic E-state index is 10.9. The number of hydrogen-bond acceptors (Lipinski definition) is 5. The van der Waals surface area contributed by atoms with Crippen LogP contribution in [0.25, 0.3) is 0 Å². The number of phenols is 1. The van der Waals surface area contributed by atoms with Gasteiger partial charge in [-0.15, -0.1) is 0 Å². The van der Waals surface area contributed by atoms with Crippen LogP contribution < -0.4 is 19.5 Å². The maximum Gasteiger partial charge on any atom is 0.206 e. The van der Waals surface area contributed by atoms with Crippen LogP contribution in [0, 0.1) is 0 Å². The lowest BCUT2D eigenvalue weighted by molar-refractivity contribution is -0.735. The minimum atomic E-state index is -0.211. The van der Waals surface area contributed by atoms with Gasteiger partial charge in [0.05, 0.1) is 32.1 Å². The molecule has 0 aromatic heterocycles. The molecule has 4 rings (SSSR count). The molecule has 2 atom stereocenters. The summed E-state index contributed by atoms with van der Waals surface area (Å²) in [7, 11) is 3.25. The Balaban J connectivity index is 1.77. The molecule has 7 heteroatoms. The first kappa shape index (κ1) is 23.1. The normalized spacial score (nSPS) is 17.9. The second-order valence-corrected chi connectivity index (χ2v) is 8.69. The average Bonchev–Trinajstić information content (AvgIpc) is 2.85. The van der Waals surface area contributed by atoms with Crippen LogP contribution in [0.4, 0.5) is 0 Å². The van der Waals surface area contributed by atoms with E-state index in [0.717, 1.165) is 26.9 Å². The van der Waals surface area contributed by atoms with Gasteiger partial charge in [0, 0.05) is 16.5 Å². The topological polar surface area (TPSA) is 76.9 Å². The highest BCUT2D eigenvalue weighted by Gasteiger charge is 2.32. The fraction of sp³-hybridized carbons (Fsp3) is 0.269. The standard InChI is InChI=1S/C26H27BrN2O4/c1-4-33-23-7-5-6-19(25(23)30)21-15-20(16-8-11-18(27)12-9-16)28-26(29-21)17-10-13-22(31-2)24(14-17)32-3/h5-14,21,26,29-30H,4,15H2,1-3H3/p+1. The van der Waals surface area contributed by atoms with Crippen molar-refractivity contribution in [2.75, 3.05) is 20.8 Å². The van der Waals surface area contributed by atoms with Gasteiger partial charge in [-0.3, -0.25) is 0 Å². The first-order chi connectivity index (χ1) is 16.0. The molecule has 0 fully saturated rings. The Labute approximate surface area is 202 Å². The Morgan fingerprint density at radius 1 is 1.00 bits per heavy atom. The number of aromatic hydroxyl groups is 1. The number of para-hydroxylation sites is 1. The summed E-state index contributed by atoms with van der Waals surface area (Å²) in [6.45, 7) is 2.40. The second kappa shape index (κ2) is 10.3. The van der Waals surface area contributed by atoms with Gasteiger partial charge in [-0.25, -0.2) is 4.99 Å². The molecule has 3 aromatic rings. The summed E-state index contributed by atoms with van der Waals surface area (Å²) < 4.78 is 17.6. The Kier molecular flexibility index (Phi) is 7.20. The fourth-order valence-electron chi connectivity index (χ4n) is 4.14. The summed E-state index contributed by atoms with van der Waals surface area (Å²) in [5, 5.41) is 13.1. The van der Waals surface area contributed by atoms with Crippen molar-refractivity contribution in [2.24, 2.45) is 4.99 Å². The lowest BCUT2D eigenvalue weighted by atomic mass is 9.93. The third-order valence-electron chi connectivity index (χ3n) is 5.78. The molecule has 0 saturated heterocycles. The Bertz CT molecular complexity index is 1150. The number of methoxy groups -OCH3 is 2. The molecule has 0 saturated carbocycles.